The van der Waals surface area contributed by atoms with Crippen molar-refractivity contribution in [2.24, 2.45) is 0 Å². The first-order valence-corrected chi connectivity index (χ1v) is 7.61. The van der Waals surface area contributed by atoms with Gasteiger partial charge in [0.05, 0.1) is 16.0 Å². The Hall–Kier alpha value is -2.16. The van der Waals surface area contributed by atoms with Gasteiger partial charge in [0.15, 0.2) is 5.82 Å². The molecule has 1 fully saturated rings. The molecule has 1 saturated heterocycles. The molecule has 6 nitrogen and oxygen atoms in total. The van der Waals surface area contributed by atoms with Crippen LogP contribution in [0.4, 0.5) is 13.6 Å². The molecule has 1 aromatic carbocycles. The van der Waals surface area contributed by atoms with Crippen molar-refractivity contribution in [2.45, 2.75) is 12.5 Å². The van der Waals surface area contributed by atoms with E-state index in [9.17, 15) is 18.4 Å². The highest BCUT2D eigenvalue weighted by atomic mass is 79.9. The van der Waals surface area contributed by atoms with E-state index in [-0.39, 0.29) is 39.6 Å². The fraction of sp³-hybridized carbons (Fsp3) is 0.286. The van der Waals surface area contributed by atoms with E-state index in [0.29, 0.717) is 13.0 Å². The molecule has 0 bridgehead atoms. The lowest BCUT2D eigenvalue weighted by molar-refractivity contribution is 0.0783. The zero-order valence-corrected chi connectivity index (χ0v) is 13.3. The molecule has 23 heavy (non-hydrogen) atoms. The molecule has 0 radical (unpaired) electrons. The van der Waals surface area contributed by atoms with E-state index in [4.69, 9.17) is 5.11 Å². The number of fused-ring (bicyclic) bond motifs is 1. The van der Waals surface area contributed by atoms with Crippen molar-refractivity contribution in [3.8, 4) is 0 Å². The van der Waals surface area contributed by atoms with Crippen LogP contribution in [0.5, 0.6) is 0 Å². The Morgan fingerprint density at radius 3 is 2.83 bits per heavy atom. The summed E-state index contributed by atoms with van der Waals surface area (Å²) < 4.78 is 27.2. The van der Waals surface area contributed by atoms with Crippen LogP contribution in [0.25, 0.3) is 10.9 Å². The topological polar surface area (TPSA) is 85.4 Å². The van der Waals surface area contributed by atoms with Gasteiger partial charge in [-0.1, -0.05) is 0 Å². The second-order valence-corrected chi connectivity index (χ2v) is 6.11. The van der Waals surface area contributed by atoms with Crippen LogP contribution in [0.2, 0.25) is 0 Å². The van der Waals surface area contributed by atoms with Gasteiger partial charge < -0.3 is 20.3 Å². The van der Waals surface area contributed by atoms with Crippen molar-refractivity contribution in [2.75, 3.05) is 13.1 Å². The van der Waals surface area contributed by atoms with Crippen molar-refractivity contribution < 1.29 is 23.5 Å². The first-order chi connectivity index (χ1) is 10.9. The number of halogens is 3. The Labute approximate surface area is 137 Å². The molecule has 1 aliphatic rings. The highest BCUT2D eigenvalue weighted by molar-refractivity contribution is 9.10. The second-order valence-electron chi connectivity index (χ2n) is 5.32. The van der Waals surface area contributed by atoms with Crippen LogP contribution in [-0.2, 0) is 0 Å². The minimum atomic E-state index is -1.14. The average molecular weight is 388 g/mol. The number of aromatic nitrogens is 1. The Bertz CT molecular complexity index is 808. The number of carbonyl (C=O) groups excluding carboxylic acids is 1. The number of likely N-dealkylation sites (tertiary alicyclic amines) is 1. The first-order valence-electron chi connectivity index (χ1n) is 6.81. The molecule has 0 saturated carbocycles. The Morgan fingerprint density at radius 2 is 2.13 bits per heavy atom. The lowest BCUT2D eigenvalue weighted by Crippen LogP contribution is -2.37. The quantitative estimate of drug-likeness (QED) is 0.692. The summed E-state index contributed by atoms with van der Waals surface area (Å²) >= 11 is 2.81. The Kier molecular flexibility index (Phi) is 3.97. The highest BCUT2D eigenvalue weighted by Gasteiger charge is 2.29. The number of nitrogens with one attached hydrogen (secondary N) is 2. The van der Waals surface area contributed by atoms with Crippen LogP contribution in [0.3, 0.4) is 0 Å². The number of aromatic amines is 1. The van der Waals surface area contributed by atoms with Gasteiger partial charge in [-0.15, -0.1) is 0 Å². The van der Waals surface area contributed by atoms with Crippen LogP contribution in [-0.4, -0.2) is 46.1 Å². The molecule has 3 N–H and O–H groups in total. The smallest absolute Gasteiger partial charge is 0.404 e. The van der Waals surface area contributed by atoms with Gasteiger partial charge in [-0.3, -0.25) is 4.79 Å². The van der Waals surface area contributed by atoms with E-state index in [1.807, 2.05) is 0 Å². The third kappa shape index (κ3) is 2.88. The summed E-state index contributed by atoms with van der Waals surface area (Å²) in [5.74, 6) is -1.93. The summed E-state index contributed by atoms with van der Waals surface area (Å²) in [6.07, 6.45) is -0.635. The average Bonchev–Trinajstić information content (AvgIpc) is 3.10. The van der Waals surface area contributed by atoms with E-state index in [0.717, 1.165) is 6.07 Å². The number of benzene rings is 1. The molecule has 1 atom stereocenters. The lowest BCUT2D eigenvalue weighted by Gasteiger charge is -2.15. The summed E-state index contributed by atoms with van der Waals surface area (Å²) in [7, 11) is 0. The van der Waals surface area contributed by atoms with Crippen LogP contribution in [0.15, 0.2) is 16.6 Å². The van der Waals surface area contributed by atoms with Crippen LogP contribution in [0, 0.1) is 11.6 Å². The molecular weight excluding hydrogens is 376 g/mol. The monoisotopic (exact) mass is 387 g/mol. The Balaban J connectivity index is 1.85. The second kappa shape index (κ2) is 5.80. The van der Waals surface area contributed by atoms with Gasteiger partial charge in [0, 0.05) is 18.5 Å². The normalized spacial score (nSPS) is 17.7. The highest BCUT2D eigenvalue weighted by Crippen LogP contribution is 2.28. The molecule has 1 unspecified atom stereocenters. The zero-order chi connectivity index (χ0) is 16.7. The number of carbonyl (C=O) groups is 2. The molecule has 2 aromatic rings. The van der Waals surface area contributed by atoms with Gasteiger partial charge in [0.1, 0.15) is 11.5 Å². The van der Waals surface area contributed by atoms with E-state index < -0.39 is 17.7 Å². The number of carboxylic acid groups (broad SMARTS) is 1. The predicted molar refractivity (Wildman–Crippen MR) is 81.4 cm³/mol. The van der Waals surface area contributed by atoms with Crippen molar-refractivity contribution in [1.29, 1.82) is 0 Å². The largest absolute Gasteiger partial charge is 0.465 e. The molecule has 3 rings (SSSR count). The molecule has 0 spiro atoms. The van der Waals surface area contributed by atoms with Gasteiger partial charge in [-0.05, 0) is 34.5 Å². The fourth-order valence-electron chi connectivity index (χ4n) is 2.70. The number of hydrogen-bond acceptors (Lipinski definition) is 2. The summed E-state index contributed by atoms with van der Waals surface area (Å²) in [5.41, 5.74) is 0.174. The van der Waals surface area contributed by atoms with Crippen molar-refractivity contribution in [3.05, 3.63) is 33.9 Å². The zero-order valence-electron chi connectivity index (χ0n) is 11.7. The summed E-state index contributed by atoms with van der Waals surface area (Å²) in [6.45, 7) is 0.626. The van der Waals surface area contributed by atoms with Gasteiger partial charge in [0.25, 0.3) is 5.91 Å². The Morgan fingerprint density at radius 1 is 1.39 bits per heavy atom. The van der Waals surface area contributed by atoms with Gasteiger partial charge in [-0.2, -0.15) is 0 Å². The third-order valence-electron chi connectivity index (χ3n) is 3.79. The first kappa shape index (κ1) is 15.7. The minimum absolute atomic E-state index is 0.0426. The molecule has 1 aliphatic heterocycles. The lowest BCUT2D eigenvalue weighted by atomic mass is 10.2. The van der Waals surface area contributed by atoms with E-state index in [2.05, 4.69) is 26.2 Å². The molecule has 2 heterocycles. The third-order valence-corrected chi connectivity index (χ3v) is 4.51. The number of rotatable bonds is 2. The van der Waals surface area contributed by atoms with Crippen LogP contribution in [0.1, 0.15) is 16.9 Å². The van der Waals surface area contributed by atoms with E-state index in [1.54, 1.807) is 0 Å². The number of H-pyrrole nitrogens is 1. The standard InChI is InChI=1S/C14H12BrF2N3O3/c15-10-8(16)3-6-4-9(19-12(6)11(10)17)13(21)20-2-1-7(5-20)18-14(22)23/h3-4,7,18-19H,1-2,5H2,(H,22,23). The van der Waals surface area contributed by atoms with Gasteiger partial charge in [0.2, 0.25) is 0 Å². The number of nitrogens with zero attached hydrogens (tertiary/aromatic N) is 1. The maximum absolute atomic E-state index is 14.0. The molecule has 122 valence electrons. The van der Waals surface area contributed by atoms with Crippen LogP contribution >= 0.6 is 15.9 Å². The SMILES string of the molecule is O=C(O)NC1CCN(C(=O)c2cc3cc(F)c(Br)c(F)c3[nH]2)C1. The number of amides is 2. The van der Waals surface area contributed by atoms with Gasteiger partial charge >= 0.3 is 6.09 Å². The molecule has 0 aliphatic carbocycles. The summed E-state index contributed by atoms with van der Waals surface area (Å²) in [4.78, 5) is 27.2. The molecular formula is C14H12BrF2N3O3. The fourth-order valence-corrected chi connectivity index (χ4v) is 3.02. The molecule has 1 aromatic heterocycles. The van der Waals surface area contributed by atoms with E-state index in [1.165, 1.54) is 11.0 Å². The summed E-state index contributed by atoms with van der Waals surface area (Å²) in [5, 5.41) is 11.3. The van der Waals surface area contributed by atoms with Gasteiger partial charge in [-0.25, -0.2) is 13.6 Å². The predicted octanol–water partition coefficient (Wildman–Crippen LogP) is 2.69. The molecule has 9 heteroatoms. The molecule has 2 amide bonds. The van der Waals surface area contributed by atoms with E-state index >= 15 is 0 Å². The summed E-state index contributed by atoms with van der Waals surface area (Å²) in [6, 6.07) is 2.19. The van der Waals surface area contributed by atoms with Crippen molar-refractivity contribution in [1.82, 2.24) is 15.2 Å². The number of hydrogen-bond donors (Lipinski definition) is 3. The maximum Gasteiger partial charge on any atom is 0.404 e. The van der Waals surface area contributed by atoms with Crippen molar-refractivity contribution in [3.63, 3.8) is 0 Å². The van der Waals surface area contributed by atoms with Crippen LogP contribution < -0.4 is 5.32 Å². The van der Waals surface area contributed by atoms with Crippen molar-refractivity contribution >= 4 is 38.8 Å². The minimum Gasteiger partial charge on any atom is -0.465 e. The maximum atomic E-state index is 14.0.